The van der Waals surface area contributed by atoms with E-state index in [1.54, 1.807) is 11.8 Å². The van der Waals surface area contributed by atoms with Gasteiger partial charge in [-0.25, -0.2) is 4.98 Å². The molecule has 1 aliphatic heterocycles. The number of H-pyrrole nitrogens is 1. The summed E-state index contributed by atoms with van der Waals surface area (Å²) < 4.78 is 10.8. The smallest absolute Gasteiger partial charge is 0.254 e. The van der Waals surface area contributed by atoms with Gasteiger partial charge in [0.1, 0.15) is 0 Å². The number of rotatable bonds is 8. The van der Waals surface area contributed by atoms with E-state index < -0.39 is 0 Å². The van der Waals surface area contributed by atoms with E-state index in [0.29, 0.717) is 18.0 Å². The van der Waals surface area contributed by atoms with E-state index in [2.05, 4.69) is 30.7 Å². The molecule has 1 aromatic heterocycles. The number of fused-ring (bicyclic) bond motifs is 1. The number of hydrogen-bond acceptors (Lipinski definition) is 6. The van der Waals surface area contributed by atoms with E-state index in [1.165, 1.54) is 0 Å². The first-order valence-electron chi connectivity index (χ1n) is 9.46. The predicted molar refractivity (Wildman–Crippen MR) is 108 cm³/mol. The summed E-state index contributed by atoms with van der Waals surface area (Å²) in [5.41, 5.74) is 2.58. The molecule has 7 heteroatoms. The Bertz CT molecular complexity index is 849. The number of thioether (sulfide) groups is 1. The van der Waals surface area contributed by atoms with Crippen LogP contribution in [0.5, 0.6) is 11.5 Å². The largest absolute Gasteiger partial charge is 0.454 e. The summed E-state index contributed by atoms with van der Waals surface area (Å²) in [5, 5.41) is 0.918. The maximum Gasteiger partial charge on any atom is 0.254 e. The van der Waals surface area contributed by atoms with Crippen molar-refractivity contribution >= 4 is 11.8 Å². The van der Waals surface area contributed by atoms with Gasteiger partial charge in [0.15, 0.2) is 16.7 Å². The van der Waals surface area contributed by atoms with E-state index in [9.17, 15) is 4.79 Å². The fourth-order valence-corrected chi connectivity index (χ4v) is 4.39. The van der Waals surface area contributed by atoms with Crippen molar-refractivity contribution in [1.82, 2.24) is 14.9 Å². The van der Waals surface area contributed by atoms with E-state index in [4.69, 9.17) is 14.5 Å². The van der Waals surface area contributed by atoms with Crippen LogP contribution < -0.4 is 15.0 Å². The third-order valence-electron chi connectivity index (χ3n) is 4.85. The topological polar surface area (TPSA) is 67.5 Å². The van der Waals surface area contributed by atoms with Crippen molar-refractivity contribution in [2.24, 2.45) is 0 Å². The van der Waals surface area contributed by atoms with Crippen molar-refractivity contribution in [3.8, 4) is 11.5 Å². The lowest BCUT2D eigenvalue weighted by Gasteiger charge is -2.25. The SMILES string of the molecule is CCc1c(Cc2ccc3c(c2)OCO3)nc(SC(C)N(CC)CC)[nH]c1=O. The summed E-state index contributed by atoms with van der Waals surface area (Å²) >= 11 is 1.59. The van der Waals surface area contributed by atoms with Crippen molar-refractivity contribution < 1.29 is 9.47 Å². The van der Waals surface area contributed by atoms with Gasteiger partial charge in [-0.05, 0) is 44.1 Å². The molecule has 2 aromatic rings. The van der Waals surface area contributed by atoms with Crippen LogP contribution in [0.4, 0.5) is 0 Å². The molecule has 1 aromatic carbocycles. The number of nitrogens with zero attached hydrogens (tertiary/aromatic N) is 2. The van der Waals surface area contributed by atoms with Gasteiger partial charge >= 0.3 is 0 Å². The monoisotopic (exact) mass is 389 g/mol. The molecule has 146 valence electrons. The molecule has 1 N–H and O–H groups in total. The molecular formula is C20H27N3O3S. The van der Waals surface area contributed by atoms with Crippen molar-refractivity contribution in [1.29, 1.82) is 0 Å². The van der Waals surface area contributed by atoms with Gasteiger partial charge in [-0.2, -0.15) is 0 Å². The van der Waals surface area contributed by atoms with E-state index in [-0.39, 0.29) is 17.7 Å². The van der Waals surface area contributed by atoms with Gasteiger partial charge in [-0.15, -0.1) is 0 Å². The summed E-state index contributed by atoms with van der Waals surface area (Å²) in [7, 11) is 0. The Hall–Kier alpha value is -1.99. The number of benzene rings is 1. The first-order chi connectivity index (χ1) is 13.0. The van der Waals surface area contributed by atoms with Gasteiger partial charge in [-0.1, -0.05) is 38.6 Å². The lowest BCUT2D eigenvalue weighted by atomic mass is 10.0. The Morgan fingerprint density at radius 1 is 1.22 bits per heavy atom. The summed E-state index contributed by atoms with van der Waals surface area (Å²) in [6.45, 7) is 10.6. The molecule has 2 heterocycles. The van der Waals surface area contributed by atoms with Crippen LogP contribution in [0.25, 0.3) is 0 Å². The fraction of sp³-hybridized carbons (Fsp3) is 0.500. The predicted octanol–water partition coefficient (Wildman–Crippen LogP) is 3.43. The molecule has 1 atom stereocenters. The summed E-state index contributed by atoms with van der Waals surface area (Å²) in [6.07, 6.45) is 1.25. The average molecular weight is 390 g/mol. The number of nitrogens with one attached hydrogen (secondary N) is 1. The Balaban J connectivity index is 1.87. The summed E-state index contributed by atoms with van der Waals surface area (Å²) in [6, 6.07) is 5.88. The lowest BCUT2D eigenvalue weighted by molar-refractivity contribution is 0.174. The fourth-order valence-electron chi connectivity index (χ4n) is 3.31. The average Bonchev–Trinajstić information content (AvgIpc) is 3.10. The Morgan fingerprint density at radius 2 is 1.96 bits per heavy atom. The molecule has 0 fully saturated rings. The second kappa shape index (κ2) is 8.80. The van der Waals surface area contributed by atoms with Crippen LogP contribution in [0, 0.1) is 0 Å². The molecular weight excluding hydrogens is 362 g/mol. The first-order valence-corrected chi connectivity index (χ1v) is 10.3. The highest BCUT2D eigenvalue weighted by Crippen LogP contribution is 2.33. The standard InChI is InChI=1S/C20H27N3O3S/c1-5-15-16(10-14-8-9-17-18(11-14)26-12-25-17)21-20(22-19(15)24)27-13(4)23(6-2)7-3/h8-9,11,13H,5-7,10,12H2,1-4H3,(H,21,22,24). The lowest BCUT2D eigenvalue weighted by Crippen LogP contribution is -2.30. The van der Waals surface area contributed by atoms with Crippen LogP contribution in [0.1, 0.15) is 44.5 Å². The number of ether oxygens (including phenoxy) is 2. The Morgan fingerprint density at radius 3 is 2.67 bits per heavy atom. The van der Waals surface area contributed by atoms with Crippen molar-refractivity contribution in [3.05, 3.63) is 45.4 Å². The van der Waals surface area contributed by atoms with Gasteiger partial charge in [-0.3, -0.25) is 9.69 Å². The van der Waals surface area contributed by atoms with E-state index >= 15 is 0 Å². The molecule has 3 rings (SSSR count). The summed E-state index contributed by atoms with van der Waals surface area (Å²) in [5.74, 6) is 1.51. The molecule has 1 aliphatic rings. The molecule has 0 amide bonds. The summed E-state index contributed by atoms with van der Waals surface area (Å²) in [4.78, 5) is 22.7. The Labute approximate surface area is 164 Å². The van der Waals surface area contributed by atoms with Crippen LogP contribution in [-0.4, -0.2) is 40.1 Å². The molecule has 0 bridgehead atoms. The minimum atomic E-state index is -0.0440. The molecule has 0 aliphatic carbocycles. The normalized spacial score (nSPS) is 14.0. The maximum absolute atomic E-state index is 12.6. The first kappa shape index (κ1) is 19.8. The van der Waals surface area contributed by atoms with Crippen LogP contribution in [0.15, 0.2) is 28.2 Å². The molecule has 27 heavy (non-hydrogen) atoms. The quantitative estimate of drug-likeness (QED) is 0.424. The zero-order valence-electron chi connectivity index (χ0n) is 16.4. The van der Waals surface area contributed by atoms with Crippen LogP contribution in [-0.2, 0) is 12.8 Å². The number of aromatic amines is 1. The second-order valence-corrected chi connectivity index (χ2v) is 7.76. The zero-order chi connectivity index (χ0) is 19.4. The van der Waals surface area contributed by atoms with Gasteiger partial charge in [0, 0.05) is 12.0 Å². The van der Waals surface area contributed by atoms with Crippen molar-refractivity contribution in [3.63, 3.8) is 0 Å². The minimum absolute atomic E-state index is 0.0440. The van der Waals surface area contributed by atoms with E-state index in [1.807, 2.05) is 25.1 Å². The molecule has 1 unspecified atom stereocenters. The highest BCUT2D eigenvalue weighted by atomic mass is 32.2. The van der Waals surface area contributed by atoms with Crippen LogP contribution in [0.3, 0.4) is 0 Å². The van der Waals surface area contributed by atoms with Gasteiger partial charge in [0.05, 0.1) is 11.1 Å². The van der Waals surface area contributed by atoms with Crippen molar-refractivity contribution in [2.75, 3.05) is 19.9 Å². The molecule has 0 radical (unpaired) electrons. The third-order valence-corrected chi connectivity index (χ3v) is 5.91. The maximum atomic E-state index is 12.6. The number of aromatic nitrogens is 2. The van der Waals surface area contributed by atoms with Crippen LogP contribution in [0.2, 0.25) is 0 Å². The minimum Gasteiger partial charge on any atom is -0.454 e. The van der Waals surface area contributed by atoms with Crippen LogP contribution >= 0.6 is 11.8 Å². The van der Waals surface area contributed by atoms with Gasteiger partial charge < -0.3 is 14.5 Å². The molecule has 6 nitrogen and oxygen atoms in total. The molecule has 0 spiro atoms. The number of hydrogen-bond donors (Lipinski definition) is 1. The molecule has 0 saturated heterocycles. The highest BCUT2D eigenvalue weighted by Gasteiger charge is 2.18. The second-order valence-electron chi connectivity index (χ2n) is 6.45. The Kier molecular flexibility index (Phi) is 6.44. The highest BCUT2D eigenvalue weighted by molar-refractivity contribution is 7.99. The molecule has 0 saturated carbocycles. The van der Waals surface area contributed by atoms with E-state index in [0.717, 1.165) is 41.4 Å². The van der Waals surface area contributed by atoms with Gasteiger partial charge in [0.2, 0.25) is 6.79 Å². The zero-order valence-corrected chi connectivity index (χ0v) is 17.2. The third kappa shape index (κ3) is 4.47. The van der Waals surface area contributed by atoms with Gasteiger partial charge in [0.25, 0.3) is 5.56 Å². The van der Waals surface area contributed by atoms with Crippen molar-refractivity contribution in [2.45, 2.75) is 51.1 Å².